The molecule has 1 aliphatic carbocycles. The fourth-order valence-electron chi connectivity index (χ4n) is 4.86. The molecular weight excluding hydrogens is 560 g/mol. The van der Waals surface area contributed by atoms with Crippen LogP contribution in [-0.4, -0.2) is 50.6 Å². The summed E-state index contributed by atoms with van der Waals surface area (Å²) >= 11 is 0. The van der Waals surface area contributed by atoms with Crippen molar-refractivity contribution in [3.05, 3.63) is 75.3 Å². The van der Waals surface area contributed by atoms with Gasteiger partial charge in [0.05, 0.1) is 18.4 Å². The molecule has 3 aromatic rings. The molecule has 14 heteroatoms. The molecule has 0 radical (unpaired) electrons. The number of carbonyl (C=O) groups excluding carboxylic acids is 1. The van der Waals surface area contributed by atoms with Crippen LogP contribution in [0.1, 0.15) is 46.3 Å². The highest BCUT2D eigenvalue weighted by molar-refractivity contribution is 7.52. The number of benzene rings is 2. The number of nitrogens with one attached hydrogen (secondary N) is 2. The number of aliphatic hydroxyl groups is 1. The first-order valence-corrected chi connectivity index (χ1v) is 14.7. The summed E-state index contributed by atoms with van der Waals surface area (Å²) in [6, 6.07) is 11.4. The van der Waals surface area contributed by atoms with Crippen molar-refractivity contribution in [2.45, 2.75) is 76.2 Å². The fraction of sp³-hybridized carbons (Fsp3) is 0.444. The van der Waals surface area contributed by atoms with Crippen LogP contribution in [0.25, 0.3) is 10.8 Å². The maximum Gasteiger partial charge on any atom is 0.460 e. The molecular formula is C27H31FN3O9P. The Morgan fingerprint density at radius 2 is 1.90 bits per heavy atom. The largest absolute Gasteiger partial charge is 0.462 e. The smallest absolute Gasteiger partial charge is 0.460 e. The summed E-state index contributed by atoms with van der Waals surface area (Å²) in [4.78, 5) is 38.2. The first kappa shape index (κ1) is 29.2. The molecule has 1 saturated heterocycles. The summed E-state index contributed by atoms with van der Waals surface area (Å²) in [5, 5.41) is 15.0. The second kappa shape index (κ2) is 11.1. The van der Waals surface area contributed by atoms with Gasteiger partial charge in [-0.25, -0.2) is 9.36 Å². The van der Waals surface area contributed by atoms with Gasteiger partial charge in [-0.3, -0.25) is 23.7 Å². The van der Waals surface area contributed by atoms with Gasteiger partial charge in [0.1, 0.15) is 29.7 Å². The van der Waals surface area contributed by atoms with E-state index in [9.17, 15) is 28.4 Å². The lowest BCUT2D eigenvalue weighted by atomic mass is 10.1. The zero-order valence-corrected chi connectivity index (χ0v) is 23.5. The van der Waals surface area contributed by atoms with Crippen LogP contribution < -0.4 is 20.9 Å². The summed E-state index contributed by atoms with van der Waals surface area (Å²) < 4.78 is 52.5. The minimum absolute atomic E-state index is 0.125. The maximum atomic E-state index is 14.4. The summed E-state index contributed by atoms with van der Waals surface area (Å²) in [5.74, 6) is -1.63. The average Bonchev–Trinajstić information content (AvgIpc) is 3.56. The molecule has 0 spiro atoms. The topological polar surface area (TPSA) is 158 Å². The van der Waals surface area contributed by atoms with E-state index in [2.05, 4.69) is 5.09 Å². The number of H-pyrrole nitrogens is 1. The maximum absolute atomic E-state index is 14.4. The lowest BCUT2D eigenvalue weighted by Crippen LogP contribution is -2.42. The van der Waals surface area contributed by atoms with Crippen molar-refractivity contribution >= 4 is 24.5 Å². The molecule has 5 atom stereocenters. The molecule has 1 aromatic heterocycles. The van der Waals surface area contributed by atoms with E-state index in [0.29, 0.717) is 24.4 Å². The van der Waals surface area contributed by atoms with E-state index < -0.39 is 67.0 Å². The third kappa shape index (κ3) is 6.14. The van der Waals surface area contributed by atoms with Crippen molar-refractivity contribution in [1.29, 1.82) is 0 Å². The van der Waals surface area contributed by atoms with Gasteiger partial charge in [-0.1, -0.05) is 36.4 Å². The Bertz CT molecular complexity index is 1610. The van der Waals surface area contributed by atoms with Crippen molar-refractivity contribution in [2.24, 2.45) is 0 Å². The van der Waals surface area contributed by atoms with Gasteiger partial charge >= 0.3 is 19.4 Å². The molecule has 0 amide bonds. The molecule has 3 N–H and O–H groups in total. The first-order chi connectivity index (χ1) is 19.4. The summed E-state index contributed by atoms with van der Waals surface area (Å²) in [7, 11) is -4.37. The Morgan fingerprint density at radius 3 is 2.61 bits per heavy atom. The van der Waals surface area contributed by atoms with E-state index in [1.165, 1.54) is 6.92 Å². The minimum Gasteiger partial charge on any atom is -0.462 e. The molecule has 2 aliphatic rings. The SMILES string of the molecule is CC(C)OC(=O)[C@H](C)N[P@](=O)(Oc1cccc2ccccc12)OC1([C@H]2O[C@@H](n3cc(F)c(=O)[nH]c3=O)CC2O)CC1. The monoisotopic (exact) mass is 591 g/mol. The van der Waals surface area contributed by atoms with Gasteiger partial charge in [-0.05, 0) is 45.1 Å². The van der Waals surface area contributed by atoms with Crippen molar-refractivity contribution in [3.63, 3.8) is 0 Å². The van der Waals surface area contributed by atoms with Gasteiger partial charge in [0.15, 0.2) is 0 Å². The third-order valence-corrected chi connectivity index (χ3v) is 8.66. The van der Waals surface area contributed by atoms with Crippen molar-refractivity contribution in [3.8, 4) is 5.75 Å². The van der Waals surface area contributed by atoms with Crippen molar-refractivity contribution in [1.82, 2.24) is 14.6 Å². The van der Waals surface area contributed by atoms with Crippen molar-refractivity contribution < 1.29 is 37.4 Å². The van der Waals surface area contributed by atoms with Crippen molar-refractivity contribution in [2.75, 3.05) is 0 Å². The van der Waals surface area contributed by atoms with Gasteiger partial charge in [0.2, 0.25) is 5.82 Å². The molecule has 1 saturated carbocycles. The van der Waals surface area contributed by atoms with Gasteiger partial charge < -0.3 is 19.1 Å². The Balaban J connectivity index is 1.44. The van der Waals surface area contributed by atoms with Crippen LogP contribution in [0.3, 0.4) is 0 Å². The van der Waals surface area contributed by atoms with Gasteiger partial charge in [-0.15, -0.1) is 0 Å². The zero-order valence-electron chi connectivity index (χ0n) is 22.6. The summed E-state index contributed by atoms with van der Waals surface area (Å²) in [5.41, 5.74) is -3.40. The molecule has 12 nitrogen and oxygen atoms in total. The van der Waals surface area contributed by atoms with Crippen LogP contribution in [-0.2, 0) is 23.4 Å². The number of aromatic amines is 1. The number of hydrogen-bond donors (Lipinski definition) is 3. The van der Waals surface area contributed by atoms with E-state index in [0.717, 1.165) is 9.95 Å². The van der Waals surface area contributed by atoms with Crippen LogP contribution in [0, 0.1) is 5.82 Å². The highest BCUT2D eigenvalue weighted by Crippen LogP contribution is 2.60. The number of hydrogen-bond acceptors (Lipinski definition) is 9. The molecule has 2 aromatic carbocycles. The average molecular weight is 592 g/mol. The van der Waals surface area contributed by atoms with Crippen LogP contribution in [0.5, 0.6) is 5.75 Å². The Morgan fingerprint density at radius 1 is 1.20 bits per heavy atom. The zero-order chi connectivity index (χ0) is 29.5. The Labute approximate surface area is 234 Å². The molecule has 5 rings (SSSR count). The van der Waals surface area contributed by atoms with E-state index >= 15 is 0 Å². The molecule has 1 unspecified atom stereocenters. The molecule has 2 fully saturated rings. The number of esters is 1. The van der Waals surface area contributed by atoms with Crippen LogP contribution in [0.4, 0.5) is 4.39 Å². The normalized spacial score (nSPS) is 23.7. The van der Waals surface area contributed by atoms with Gasteiger partial charge in [0, 0.05) is 11.8 Å². The molecule has 1 aliphatic heterocycles. The minimum atomic E-state index is -4.37. The number of aliphatic hydroxyl groups excluding tert-OH is 1. The van der Waals surface area contributed by atoms with Crippen LogP contribution in [0.15, 0.2) is 58.3 Å². The molecule has 0 bridgehead atoms. The van der Waals surface area contributed by atoms with Gasteiger partial charge in [0.25, 0.3) is 5.56 Å². The van der Waals surface area contributed by atoms with E-state index in [4.69, 9.17) is 18.5 Å². The fourth-order valence-corrected chi connectivity index (χ4v) is 6.77. The van der Waals surface area contributed by atoms with Crippen LogP contribution in [0.2, 0.25) is 0 Å². The number of nitrogens with zero attached hydrogens (tertiary/aromatic N) is 1. The van der Waals surface area contributed by atoms with Crippen LogP contribution >= 0.6 is 7.75 Å². The predicted octanol–water partition coefficient (Wildman–Crippen LogP) is 3.14. The van der Waals surface area contributed by atoms with Gasteiger partial charge in [-0.2, -0.15) is 9.48 Å². The number of ether oxygens (including phenoxy) is 2. The highest BCUT2D eigenvalue weighted by atomic mass is 31.2. The lowest BCUT2D eigenvalue weighted by Gasteiger charge is -2.31. The highest BCUT2D eigenvalue weighted by Gasteiger charge is 2.61. The summed E-state index contributed by atoms with van der Waals surface area (Å²) in [6.07, 6.45) is -2.61. The Hall–Kier alpha value is -3.35. The second-order valence-electron chi connectivity index (χ2n) is 10.5. The predicted molar refractivity (Wildman–Crippen MR) is 145 cm³/mol. The van der Waals surface area contributed by atoms with E-state index in [1.54, 1.807) is 38.1 Å². The first-order valence-electron chi connectivity index (χ1n) is 13.2. The quantitative estimate of drug-likeness (QED) is 0.236. The standard InChI is InChI=1S/C27H31FN3O9P/c1-15(2)37-25(34)16(3)30-41(36,39-21-10-6-8-17-7-4-5-9-18(17)21)40-27(11-12-27)23-20(32)13-22(38-23)31-14-19(28)24(33)29-26(31)35/h4-10,14-16,20,22-23,32H,11-13H2,1-3H3,(H,30,36)(H,29,33,35)/t16-,20?,22+,23-,41-/m0/s1. The molecule has 220 valence electrons. The number of carbonyl (C=O) groups is 1. The van der Waals surface area contributed by atoms with E-state index in [1.807, 2.05) is 23.2 Å². The number of aromatic nitrogens is 2. The number of fused-ring (bicyclic) bond motifs is 1. The second-order valence-corrected chi connectivity index (χ2v) is 12.1. The van der Waals surface area contributed by atoms with E-state index in [-0.39, 0.29) is 12.2 Å². The lowest BCUT2D eigenvalue weighted by molar-refractivity contribution is -0.149. The number of rotatable bonds is 10. The molecule has 41 heavy (non-hydrogen) atoms. The molecule has 2 heterocycles. The number of halogens is 1. The summed E-state index contributed by atoms with van der Waals surface area (Å²) in [6.45, 7) is 4.82. The third-order valence-electron chi connectivity index (χ3n) is 6.92. The Kier molecular flexibility index (Phi) is 7.92.